The number of rotatable bonds is 7. The number of hydrogen-bond acceptors (Lipinski definition) is 6. The molecule has 0 aliphatic carbocycles. The maximum atomic E-state index is 13.2. The summed E-state index contributed by atoms with van der Waals surface area (Å²) in [5.74, 6) is -0.701. The number of aryl methyl sites for hydroxylation is 1. The van der Waals surface area contributed by atoms with Gasteiger partial charge in [0.2, 0.25) is 0 Å². The summed E-state index contributed by atoms with van der Waals surface area (Å²) in [5, 5.41) is 0.335. The van der Waals surface area contributed by atoms with E-state index in [9.17, 15) is 14.4 Å². The van der Waals surface area contributed by atoms with Crippen LogP contribution in [-0.4, -0.2) is 21.3 Å². The van der Waals surface area contributed by atoms with Crippen LogP contribution in [0.1, 0.15) is 31.2 Å². The van der Waals surface area contributed by atoms with E-state index < -0.39 is 5.97 Å². The molecular weight excluding hydrogens is 472 g/mol. The van der Waals surface area contributed by atoms with Crippen LogP contribution in [0.25, 0.3) is 21.3 Å². The van der Waals surface area contributed by atoms with Crippen LogP contribution in [0, 0.1) is 6.92 Å². The van der Waals surface area contributed by atoms with E-state index in [-0.39, 0.29) is 24.5 Å². The minimum atomic E-state index is -0.500. The van der Waals surface area contributed by atoms with Gasteiger partial charge in [-0.25, -0.2) is 9.78 Å². The van der Waals surface area contributed by atoms with Crippen LogP contribution in [0.3, 0.4) is 0 Å². The lowest BCUT2D eigenvalue weighted by molar-refractivity contribution is 0.0477. The van der Waals surface area contributed by atoms with E-state index in [2.05, 4.69) is 4.98 Å². The van der Waals surface area contributed by atoms with Gasteiger partial charge in [-0.3, -0.25) is 14.2 Å². The molecule has 0 aliphatic heterocycles. The maximum absolute atomic E-state index is 13.2. The van der Waals surface area contributed by atoms with E-state index in [4.69, 9.17) is 4.74 Å². The molecule has 7 heteroatoms. The van der Waals surface area contributed by atoms with E-state index in [0.717, 1.165) is 28.0 Å². The molecule has 0 amide bonds. The smallest absolute Gasteiger partial charge is 0.349 e. The van der Waals surface area contributed by atoms with Gasteiger partial charge >= 0.3 is 5.97 Å². The molecule has 5 rings (SSSR count). The molecule has 178 valence electrons. The van der Waals surface area contributed by atoms with E-state index in [1.165, 1.54) is 10.9 Å². The van der Waals surface area contributed by atoms with Gasteiger partial charge in [0.25, 0.3) is 5.56 Å². The van der Waals surface area contributed by atoms with E-state index in [1.807, 2.05) is 72.8 Å². The third-order valence-electron chi connectivity index (χ3n) is 5.94. The van der Waals surface area contributed by atoms with Gasteiger partial charge in [-0.05, 0) is 29.2 Å². The molecule has 0 atom stereocenters. The average molecular weight is 495 g/mol. The SMILES string of the molecule is Cc1c(C(=O)OCc2ccccc2)sc2ncn(CC(=O)c3ccc(-c4ccccc4)cc3)c(=O)c12. The van der Waals surface area contributed by atoms with Gasteiger partial charge in [-0.1, -0.05) is 84.9 Å². The summed E-state index contributed by atoms with van der Waals surface area (Å²) in [7, 11) is 0. The zero-order valence-electron chi connectivity index (χ0n) is 19.5. The normalized spacial score (nSPS) is 10.9. The van der Waals surface area contributed by atoms with Gasteiger partial charge in [0.05, 0.1) is 18.3 Å². The van der Waals surface area contributed by atoms with Gasteiger partial charge in [0.1, 0.15) is 16.3 Å². The Hall–Kier alpha value is -4.36. The molecule has 0 N–H and O–H groups in total. The maximum Gasteiger partial charge on any atom is 0.349 e. The second-order valence-corrected chi connectivity index (χ2v) is 9.34. The highest BCUT2D eigenvalue weighted by atomic mass is 32.1. The number of hydrogen-bond donors (Lipinski definition) is 0. The third kappa shape index (κ3) is 4.74. The van der Waals surface area contributed by atoms with E-state index in [1.54, 1.807) is 19.1 Å². The number of esters is 1. The minimum absolute atomic E-state index is 0.141. The van der Waals surface area contributed by atoms with Crippen molar-refractivity contribution in [3.63, 3.8) is 0 Å². The molecule has 36 heavy (non-hydrogen) atoms. The van der Waals surface area contributed by atoms with Gasteiger partial charge in [-0.2, -0.15) is 0 Å². The highest BCUT2D eigenvalue weighted by molar-refractivity contribution is 7.20. The topological polar surface area (TPSA) is 78.3 Å². The fourth-order valence-corrected chi connectivity index (χ4v) is 5.01. The minimum Gasteiger partial charge on any atom is -0.457 e. The number of ketones is 1. The summed E-state index contributed by atoms with van der Waals surface area (Å²) >= 11 is 1.12. The molecule has 0 fully saturated rings. The molecule has 0 aliphatic rings. The number of carbonyl (C=O) groups excluding carboxylic acids is 2. The number of thiophene rings is 1. The molecule has 2 heterocycles. The van der Waals surface area contributed by atoms with Crippen molar-refractivity contribution in [1.82, 2.24) is 9.55 Å². The quantitative estimate of drug-likeness (QED) is 0.215. The lowest BCUT2D eigenvalue weighted by atomic mass is 10.0. The van der Waals surface area contributed by atoms with Crippen molar-refractivity contribution in [1.29, 1.82) is 0 Å². The summed E-state index contributed by atoms with van der Waals surface area (Å²) in [6, 6.07) is 26.6. The Labute approximate surface area is 211 Å². The zero-order valence-corrected chi connectivity index (χ0v) is 20.3. The Morgan fingerprint density at radius 1 is 0.889 bits per heavy atom. The van der Waals surface area contributed by atoms with Crippen molar-refractivity contribution in [2.75, 3.05) is 0 Å². The summed E-state index contributed by atoms with van der Waals surface area (Å²) < 4.78 is 6.73. The molecule has 0 bridgehead atoms. The second kappa shape index (κ2) is 10.1. The first-order valence-corrected chi connectivity index (χ1v) is 12.2. The third-order valence-corrected chi connectivity index (χ3v) is 7.12. The van der Waals surface area contributed by atoms with Crippen LogP contribution in [-0.2, 0) is 17.9 Å². The summed E-state index contributed by atoms with van der Waals surface area (Å²) in [5.41, 5.74) is 3.61. The van der Waals surface area contributed by atoms with Gasteiger partial charge < -0.3 is 4.74 Å². The number of carbonyl (C=O) groups is 2. The molecular formula is C29H22N2O4S. The van der Waals surface area contributed by atoms with Crippen molar-refractivity contribution in [2.45, 2.75) is 20.1 Å². The summed E-state index contributed by atoms with van der Waals surface area (Å²) in [4.78, 5) is 43.9. The van der Waals surface area contributed by atoms with Crippen molar-refractivity contribution in [3.8, 4) is 11.1 Å². The number of benzene rings is 3. The zero-order chi connectivity index (χ0) is 25.1. The standard InChI is InChI=1S/C29H22N2O4S/c1-19-25-27(36-26(19)29(34)35-17-20-8-4-2-5-9-20)30-18-31(28(25)33)16-24(32)23-14-12-22(13-15-23)21-10-6-3-7-11-21/h2-15,18H,16-17H2,1H3. The Bertz CT molecular complexity index is 1600. The lowest BCUT2D eigenvalue weighted by Crippen LogP contribution is -2.24. The van der Waals surface area contributed by atoms with E-state index >= 15 is 0 Å². The van der Waals surface area contributed by atoms with Crippen LogP contribution in [0.5, 0.6) is 0 Å². The van der Waals surface area contributed by atoms with Gasteiger partial charge in [-0.15, -0.1) is 11.3 Å². The molecule has 0 unspecified atom stereocenters. The van der Waals surface area contributed by atoms with Crippen LogP contribution in [0.2, 0.25) is 0 Å². The Balaban J connectivity index is 1.35. The number of aromatic nitrogens is 2. The molecule has 6 nitrogen and oxygen atoms in total. The first-order valence-electron chi connectivity index (χ1n) is 11.4. The summed E-state index contributed by atoms with van der Waals surface area (Å²) in [6.07, 6.45) is 1.36. The number of fused-ring (bicyclic) bond motifs is 1. The summed E-state index contributed by atoms with van der Waals surface area (Å²) in [6.45, 7) is 1.70. The van der Waals surface area contributed by atoms with Gasteiger partial charge in [0, 0.05) is 5.56 Å². The highest BCUT2D eigenvalue weighted by Gasteiger charge is 2.21. The fraction of sp³-hybridized carbons (Fsp3) is 0.103. The van der Waals surface area contributed by atoms with Crippen molar-refractivity contribution in [2.24, 2.45) is 0 Å². The molecule has 5 aromatic rings. The molecule has 0 saturated heterocycles. The first kappa shape index (κ1) is 23.4. The molecule has 3 aromatic carbocycles. The molecule has 0 saturated carbocycles. The molecule has 0 radical (unpaired) electrons. The number of ether oxygens (including phenoxy) is 1. The van der Waals surface area contributed by atoms with E-state index in [0.29, 0.717) is 26.2 Å². The first-order chi connectivity index (χ1) is 17.5. The Kier molecular flexibility index (Phi) is 6.56. The Morgan fingerprint density at radius 3 is 2.22 bits per heavy atom. The van der Waals surface area contributed by atoms with Crippen LogP contribution < -0.4 is 5.56 Å². The number of Topliss-reactive ketones (excluding diaryl/α,β-unsaturated/α-hetero) is 1. The van der Waals surface area contributed by atoms with Crippen LogP contribution in [0.15, 0.2) is 96.1 Å². The number of nitrogens with zero attached hydrogens (tertiary/aromatic N) is 2. The predicted octanol–water partition coefficient (Wildman–Crippen LogP) is 5.67. The van der Waals surface area contributed by atoms with Crippen molar-refractivity contribution < 1.29 is 14.3 Å². The molecule has 0 spiro atoms. The second-order valence-electron chi connectivity index (χ2n) is 8.34. The van der Waals surface area contributed by atoms with Crippen molar-refractivity contribution >= 4 is 33.3 Å². The predicted molar refractivity (Wildman–Crippen MR) is 140 cm³/mol. The monoisotopic (exact) mass is 494 g/mol. The lowest BCUT2D eigenvalue weighted by Gasteiger charge is -2.07. The largest absolute Gasteiger partial charge is 0.457 e. The van der Waals surface area contributed by atoms with Gasteiger partial charge in [0.15, 0.2) is 5.78 Å². The molecule has 2 aromatic heterocycles. The highest BCUT2D eigenvalue weighted by Crippen LogP contribution is 2.28. The van der Waals surface area contributed by atoms with Crippen LogP contribution >= 0.6 is 11.3 Å². The fourth-order valence-electron chi connectivity index (χ4n) is 3.98. The Morgan fingerprint density at radius 2 is 1.53 bits per heavy atom. The van der Waals surface area contributed by atoms with Crippen LogP contribution in [0.4, 0.5) is 0 Å². The van der Waals surface area contributed by atoms with Crippen molar-refractivity contribution in [3.05, 3.63) is 123 Å². The average Bonchev–Trinajstić information content (AvgIpc) is 3.27.